The Labute approximate surface area is 269 Å². The van der Waals surface area contributed by atoms with Crippen molar-refractivity contribution in [3.63, 3.8) is 0 Å². The number of hydrogen-bond donors (Lipinski definition) is 0. The molecular weight excluding hydrogens is 691 g/mol. The number of aromatic nitrogens is 1. The van der Waals surface area contributed by atoms with Crippen molar-refractivity contribution in [2.24, 2.45) is 0 Å². The van der Waals surface area contributed by atoms with E-state index in [-0.39, 0.29) is 25.7 Å². The van der Waals surface area contributed by atoms with Gasteiger partial charge in [0.05, 0.1) is 8.07 Å². The summed E-state index contributed by atoms with van der Waals surface area (Å²) < 4.78 is 39.5. The molecule has 0 saturated heterocycles. The van der Waals surface area contributed by atoms with Crippen molar-refractivity contribution in [3.8, 4) is 22.4 Å². The first-order valence-corrected chi connectivity index (χ1v) is 17.1. The van der Waals surface area contributed by atoms with Crippen LogP contribution in [-0.4, -0.2) is 13.1 Å². The van der Waals surface area contributed by atoms with Gasteiger partial charge in [0.15, 0.2) is 0 Å². The minimum Gasteiger partial charge on any atom is -0.305 e. The van der Waals surface area contributed by atoms with E-state index in [0.717, 1.165) is 39.1 Å². The molecule has 4 aromatic carbocycles. The fraction of sp³-hybridized carbons (Fsp3) is 0.237. The largest absolute Gasteiger partial charge is 3.00 e. The van der Waals surface area contributed by atoms with E-state index in [2.05, 4.69) is 42.8 Å². The average molecular weight is 736 g/mol. The summed E-state index contributed by atoms with van der Waals surface area (Å²) >= 11 is 0. The topological polar surface area (TPSA) is 12.9 Å². The molecule has 0 N–H and O–H groups in total. The van der Waals surface area contributed by atoms with Crippen molar-refractivity contribution >= 4 is 13.3 Å². The number of rotatable bonds is 6. The zero-order valence-corrected chi connectivity index (χ0v) is 28.0. The summed E-state index contributed by atoms with van der Waals surface area (Å²) in [5, 5.41) is 1.19. The summed E-state index contributed by atoms with van der Waals surface area (Å²) in [5.41, 5.74) is 6.65. The molecule has 210 valence electrons. The van der Waals surface area contributed by atoms with Gasteiger partial charge < -0.3 is 4.98 Å². The van der Waals surface area contributed by atoms with Gasteiger partial charge in [-0.2, -0.15) is 42.5 Å². The molecule has 5 aromatic rings. The zero-order valence-electron chi connectivity index (χ0n) is 29.6. The molecule has 0 radical (unpaired) electrons. The molecule has 0 aliphatic rings. The van der Waals surface area contributed by atoms with E-state index in [1.54, 1.807) is 12.1 Å². The third kappa shape index (κ3) is 8.69. The Hall–Kier alpha value is -3.10. The second-order valence-corrected chi connectivity index (χ2v) is 16.2. The van der Waals surface area contributed by atoms with Crippen LogP contribution < -0.4 is 5.19 Å². The molecule has 0 aliphatic carbocycles. The monoisotopic (exact) mass is 736 g/mol. The Morgan fingerprint density at radius 2 is 1.49 bits per heavy atom. The predicted molar refractivity (Wildman–Crippen MR) is 174 cm³/mol. The molecule has 0 bridgehead atoms. The molecule has 1 unspecified atom stereocenters. The molecule has 3 heteroatoms. The number of hydrogen-bond acceptors (Lipinski definition) is 1. The van der Waals surface area contributed by atoms with Crippen LogP contribution in [0.15, 0.2) is 103 Å². The Kier molecular flexibility index (Phi) is 9.17. The van der Waals surface area contributed by atoms with Crippen molar-refractivity contribution in [3.05, 3.63) is 144 Å². The molecule has 5 rings (SSSR count). The standard InChI is InChI=1S/C20H16.C18H24NSi.Ir/c1-16(17-9-4-2-5-10-17)19-13-8-14-20(15-19)18-11-6-3-7-12-18;1-13(2)16-11-17(15-9-7-14(3)8-10-15)19-12-18(16)20(4,5)6;/h2-11,13,15-16H,1H3;7-9,11-13H,1-6H3;/q-2;-1;+3/i16D;3D3,13D;. The van der Waals surface area contributed by atoms with E-state index in [0.29, 0.717) is 0 Å². The molecule has 41 heavy (non-hydrogen) atoms. The van der Waals surface area contributed by atoms with Crippen molar-refractivity contribution in [1.29, 1.82) is 0 Å². The number of pyridine rings is 1. The van der Waals surface area contributed by atoms with Gasteiger partial charge in [0.1, 0.15) is 0 Å². The molecule has 0 spiro atoms. The summed E-state index contributed by atoms with van der Waals surface area (Å²) in [6, 6.07) is 39.9. The summed E-state index contributed by atoms with van der Waals surface area (Å²) in [6.07, 6.45) is 1.89. The first-order chi connectivity index (χ1) is 21.0. The van der Waals surface area contributed by atoms with Crippen molar-refractivity contribution in [1.82, 2.24) is 4.98 Å². The third-order valence-electron chi connectivity index (χ3n) is 6.78. The van der Waals surface area contributed by atoms with Crippen LogP contribution >= 0.6 is 0 Å². The second-order valence-electron chi connectivity index (χ2n) is 11.1. The van der Waals surface area contributed by atoms with Crippen molar-refractivity contribution in [2.75, 3.05) is 0 Å². The van der Waals surface area contributed by atoms with Gasteiger partial charge >= 0.3 is 20.1 Å². The van der Waals surface area contributed by atoms with Crippen LogP contribution in [0.4, 0.5) is 0 Å². The Morgan fingerprint density at radius 1 is 0.756 bits per heavy atom. The smallest absolute Gasteiger partial charge is 0.305 e. The molecule has 1 nitrogen and oxygen atoms in total. The van der Waals surface area contributed by atoms with Crippen LogP contribution in [0.25, 0.3) is 22.4 Å². The van der Waals surface area contributed by atoms with Gasteiger partial charge in [0.25, 0.3) is 0 Å². The van der Waals surface area contributed by atoms with Crippen LogP contribution in [0.3, 0.4) is 0 Å². The Bertz CT molecular complexity index is 1710. The zero-order chi connectivity index (χ0) is 33.0. The van der Waals surface area contributed by atoms with Gasteiger partial charge in [-0.3, -0.25) is 0 Å². The van der Waals surface area contributed by atoms with Gasteiger partial charge in [-0.25, -0.2) is 11.1 Å². The minimum absolute atomic E-state index is 0. The number of benzene rings is 4. The van der Waals surface area contributed by atoms with E-state index in [9.17, 15) is 0 Å². The first-order valence-electron chi connectivity index (χ1n) is 16.1. The molecule has 0 amide bonds. The van der Waals surface area contributed by atoms with Gasteiger partial charge in [-0.15, -0.1) is 53.1 Å². The van der Waals surface area contributed by atoms with Crippen LogP contribution in [0.1, 0.15) is 61.7 Å². The summed E-state index contributed by atoms with van der Waals surface area (Å²) in [5.74, 6) is -1.49. The van der Waals surface area contributed by atoms with Gasteiger partial charge in [0.2, 0.25) is 0 Å². The van der Waals surface area contributed by atoms with Gasteiger partial charge in [-0.05, 0) is 28.2 Å². The molecule has 0 fully saturated rings. The summed E-state index contributed by atoms with van der Waals surface area (Å²) in [6.45, 7) is 10.3. The maximum Gasteiger partial charge on any atom is 3.00 e. The fourth-order valence-electron chi connectivity index (χ4n) is 4.47. The second kappa shape index (κ2) is 14.7. The molecule has 1 heterocycles. The van der Waals surface area contributed by atoms with E-state index in [1.165, 1.54) is 11.3 Å². The fourth-order valence-corrected chi connectivity index (χ4v) is 6.05. The van der Waals surface area contributed by atoms with Crippen LogP contribution in [0.5, 0.6) is 0 Å². The summed E-state index contributed by atoms with van der Waals surface area (Å²) in [7, 11) is -1.61. The quantitative estimate of drug-likeness (QED) is 0.125. The molecular formula is C38H40IrNSi. The third-order valence-corrected chi connectivity index (χ3v) is 8.79. The minimum atomic E-state index is -2.13. The maximum absolute atomic E-state index is 8.74. The van der Waals surface area contributed by atoms with E-state index in [4.69, 9.17) is 6.85 Å². The molecule has 1 aromatic heterocycles. The van der Waals surface area contributed by atoms with E-state index in [1.807, 2.05) is 106 Å². The molecule has 0 aliphatic heterocycles. The van der Waals surface area contributed by atoms with Crippen LogP contribution in [0, 0.1) is 25.1 Å². The maximum atomic E-state index is 8.74. The number of nitrogens with zero attached hydrogens (tertiary/aromatic N) is 1. The predicted octanol–water partition coefficient (Wildman–Crippen LogP) is 9.63. The van der Waals surface area contributed by atoms with Gasteiger partial charge in [0, 0.05) is 13.1 Å². The summed E-state index contributed by atoms with van der Waals surface area (Å²) in [4.78, 5) is 4.56. The van der Waals surface area contributed by atoms with Crippen LogP contribution in [0.2, 0.25) is 19.6 Å². The Balaban J connectivity index is 0.000000247. The van der Waals surface area contributed by atoms with E-state index >= 15 is 0 Å². The Morgan fingerprint density at radius 3 is 2.10 bits per heavy atom. The number of aryl methyl sites for hydroxylation is 1. The molecule has 1 atom stereocenters. The van der Waals surface area contributed by atoms with Gasteiger partial charge in [-0.1, -0.05) is 89.2 Å². The SMILES string of the molecule is [2H]C(C)(c1ccccc1)c1cc[c-]c(-c2[c-]cccc2)c1.[2H]C([2H])([2H])c1c[c-]c(-c2cc(C([2H])(C)C)c([Si](C)(C)C)cn2)cc1.[Ir+3]. The van der Waals surface area contributed by atoms with E-state index < -0.39 is 26.7 Å². The average Bonchev–Trinajstić information content (AvgIpc) is 3.01. The molecule has 0 saturated carbocycles. The van der Waals surface area contributed by atoms with Crippen molar-refractivity contribution < 1.29 is 27.0 Å². The van der Waals surface area contributed by atoms with Crippen LogP contribution in [-0.2, 0) is 20.1 Å². The normalized spacial score (nSPS) is 14.8. The first kappa shape index (κ1) is 25.6. The van der Waals surface area contributed by atoms with Crippen molar-refractivity contribution in [2.45, 2.75) is 59.1 Å².